The van der Waals surface area contributed by atoms with E-state index in [1.165, 1.54) is 54.6 Å². The van der Waals surface area contributed by atoms with Crippen LogP contribution in [0, 0.1) is 0 Å². The Kier molecular flexibility index (Phi) is 2.77. The molecule has 0 amide bonds. The van der Waals surface area contributed by atoms with Gasteiger partial charge in [0.15, 0.2) is 0 Å². The van der Waals surface area contributed by atoms with Gasteiger partial charge in [0.05, 0.1) is 0 Å². The summed E-state index contributed by atoms with van der Waals surface area (Å²) in [4.78, 5) is 0. The van der Waals surface area contributed by atoms with E-state index in [1.54, 1.807) is 0 Å². The zero-order chi connectivity index (χ0) is 18.2. The summed E-state index contributed by atoms with van der Waals surface area (Å²) in [5, 5.41) is 8.10. The first-order valence-electron chi connectivity index (χ1n) is 9.64. The second-order valence-electron chi connectivity index (χ2n) is 8.20. The van der Waals surface area contributed by atoms with E-state index in [1.807, 2.05) is 0 Å². The lowest BCUT2D eigenvalue weighted by atomic mass is 9.67. The summed E-state index contributed by atoms with van der Waals surface area (Å²) in [6.07, 6.45) is 0. The average molecular weight is 344 g/mol. The van der Waals surface area contributed by atoms with Crippen molar-refractivity contribution >= 4 is 32.3 Å². The highest BCUT2D eigenvalue weighted by Gasteiger charge is 2.34. The van der Waals surface area contributed by atoms with Gasteiger partial charge in [0.1, 0.15) is 0 Å². The monoisotopic (exact) mass is 344 g/mol. The van der Waals surface area contributed by atoms with E-state index in [4.69, 9.17) is 0 Å². The Balaban J connectivity index is 1.88. The maximum Gasteiger partial charge on any atom is 0.0159 e. The van der Waals surface area contributed by atoms with Crippen LogP contribution in [0.1, 0.15) is 25.0 Å². The van der Waals surface area contributed by atoms with Gasteiger partial charge in [0, 0.05) is 5.41 Å². The number of rotatable bonds is 0. The highest BCUT2D eigenvalue weighted by atomic mass is 14.4. The predicted molar refractivity (Wildman–Crippen MR) is 117 cm³/mol. The number of fused-ring (bicyclic) bond motifs is 6. The van der Waals surface area contributed by atoms with Crippen LogP contribution in [-0.2, 0) is 5.41 Å². The molecule has 0 bridgehead atoms. The molecule has 1 aliphatic rings. The fourth-order valence-corrected chi connectivity index (χ4v) is 5.11. The van der Waals surface area contributed by atoms with Crippen molar-refractivity contribution in [3.8, 4) is 11.1 Å². The Morgan fingerprint density at radius 3 is 2.15 bits per heavy atom. The normalized spacial score (nSPS) is 14.6. The topological polar surface area (TPSA) is 0 Å². The third-order valence-electron chi connectivity index (χ3n) is 6.45. The summed E-state index contributed by atoms with van der Waals surface area (Å²) >= 11 is 0. The van der Waals surface area contributed by atoms with Gasteiger partial charge in [-0.2, -0.15) is 0 Å². The van der Waals surface area contributed by atoms with Crippen molar-refractivity contribution < 1.29 is 0 Å². The van der Waals surface area contributed by atoms with E-state index in [2.05, 4.69) is 98.8 Å². The molecule has 0 heterocycles. The summed E-state index contributed by atoms with van der Waals surface area (Å²) in [7, 11) is 0. The second-order valence-corrected chi connectivity index (χ2v) is 8.20. The van der Waals surface area contributed by atoms with Crippen LogP contribution in [0.15, 0.2) is 84.9 Å². The minimum absolute atomic E-state index is 0.0109. The van der Waals surface area contributed by atoms with Crippen molar-refractivity contribution in [1.29, 1.82) is 0 Å². The third-order valence-corrected chi connectivity index (χ3v) is 6.45. The minimum atomic E-state index is -0.0109. The fraction of sp³-hybridized carbons (Fsp3) is 0.111. The standard InChI is InChI=1S/C27H20/c1-27(2)23-12-6-9-18-8-5-11-22(25(18)23)26-21-14-13-17-7-3-4-10-19(17)20(21)15-16-24(26)27/h3-16H,1-2H3. The molecule has 0 saturated heterocycles. The van der Waals surface area contributed by atoms with Gasteiger partial charge in [-0.25, -0.2) is 0 Å². The van der Waals surface area contributed by atoms with Gasteiger partial charge in [-0.1, -0.05) is 98.8 Å². The lowest BCUT2D eigenvalue weighted by Crippen LogP contribution is -2.23. The maximum atomic E-state index is 2.36. The molecular weight excluding hydrogens is 324 g/mol. The van der Waals surface area contributed by atoms with E-state index in [9.17, 15) is 0 Å². The number of hydrogen-bond acceptors (Lipinski definition) is 0. The van der Waals surface area contributed by atoms with Gasteiger partial charge >= 0.3 is 0 Å². The van der Waals surface area contributed by atoms with Crippen LogP contribution in [0.5, 0.6) is 0 Å². The molecule has 0 unspecified atom stereocenters. The van der Waals surface area contributed by atoms with Crippen LogP contribution in [-0.4, -0.2) is 0 Å². The van der Waals surface area contributed by atoms with Crippen LogP contribution in [0.25, 0.3) is 43.4 Å². The molecule has 6 rings (SSSR count). The van der Waals surface area contributed by atoms with Crippen molar-refractivity contribution in [3.63, 3.8) is 0 Å². The SMILES string of the molecule is CC1(C)c2ccc3c(ccc4ccccc43)c2-c2cccc3cccc1c23. The summed E-state index contributed by atoms with van der Waals surface area (Å²) in [5.41, 5.74) is 5.63. The highest BCUT2D eigenvalue weighted by Crippen LogP contribution is 2.51. The zero-order valence-corrected chi connectivity index (χ0v) is 15.6. The second kappa shape index (κ2) is 4.98. The molecule has 27 heavy (non-hydrogen) atoms. The van der Waals surface area contributed by atoms with Crippen LogP contribution in [0.3, 0.4) is 0 Å². The van der Waals surface area contributed by atoms with Gasteiger partial charge < -0.3 is 0 Å². The molecule has 0 nitrogen and oxygen atoms in total. The minimum Gasteiger partial charge on any atom is -0.0616 e. The highest BCUT2D eigenvalue weighted by molar-refractivity contribution is 6.16. The maximum absolute atomic E-state index is 2.36. The quantitative estimate of drug-likeness (QED) is 0.256. The molecule has 0 N–H and O–H groups in total. The summed E-state index contributed by atoms with van der Waals surface area (Å²) in [6.45, 7) is 4.73. The Morgan fingerprint density at radius 1 is 0.519 bits per heavy atom. The van der Waals surface area contributed by atoms with E-state index in [0.29, 0.717) is 0 Å². The molecule has 1 aliphatic carbocycles. The Morgan fingerprint density at radius 2 is 1.26 bits per heavy atom. The largest absolute Gasteiger partial charge is 0.0616 e. The summed E-state index contributed by atoms with van der Waals surface area (Å²) in [5.74, 6) is 0. The Bertz CT molecular complexity index is 1380. The van der Waals surface area contributed by atoms with Crippen molar-refractivity contribution in [2.45, 2.75) is 19.3 Å². The molecule has 128 valence electrons. The number of hydrogen-bond donors (Lipinski definition) is 0. The first kappa shape index (κ1) is 15.0. The van der Waals surface area contributed by atoms with Crippen molar-refractivity contribution in [2.75, 3.05) is 0 Å². The molecule has 0 atom stereocenters. The van der Waals surface area contributed by atoms with Gasteiger partial charge in [0.2, 0.25) is 0 Å². The molecule has 0 fully saturated rings. The van der Waals surface area contributed by atoms with Crippen molar-refractivity contribution in [1.82, 2.24) is 0 Å². The first-order valence-corrected chi connectivity index (χ1v) is 9.64. The van der Waals surface area contributed by atoms with Crippen molar-refractivity contribution in [3.05, 3.63) is 96.1 Å². The molecule has 0 spiro atoms. The van der Waals surface area contributed by atoms with E-state index >= 15 is 0 Å². The molecular formula is C27H20. The molecule has 0 radical (unpaired) electrons. The van der Waals surface area contributed by atoms with Gasteiger partial charge in [-0.05, 0) is 54.6 Å². The van der Waals surface area contributed by atoms with Crippen LogP contribution in [0.4, 0.5) is 0 Å². The average Bonchev–Trinajstić information content (AvgIpc) is 2.71. The van der Waals surface area contributed by atoms with E-state index in [0.717, 1.165) is 0 Å². The Labute approximate surface area is 159 Å². The third kappa shape index (κ3) is 1.83. The van der Waals surface area contributed by atoms with Crippen molar-refractivity contribution in [2.24, 2.45) is 0 Å². The molecule has 0 aromatic heterocycles. The van der Waals surface area contributed by atoms with Gasteiger partial charge in [-0.15, -0.1) is 0 Å². The lowest BCUT2D eigenvalue weighted by molar-refractivity contribution is 0.646. The predicted octanol–water partition coefficient (Wildman–Crippen LogP) is 7.45. The summed E-state index contributed by atoms with van der Waals surface area (Å²) < 4.78 is 0. The van der Waals surface area contributed by atoms with E-state index < -0.39 is 0 Å². The van der Waals surface area contributed by atoms with Crippen LogP contribution < -0.4 is 0 Å². The number of benzene rings is 5. The molecule has 0 aliphatic heterocycles. The smallest absolute Gasteiger partial charge is 0.0159 e. The fourth-order valence-electron chi connectivity index (χ4n) is 5.11. The molecule has 0 heteroatoms. The van der Waals surface area contributed by atoms with Gasteiger partial charge in [0.25, 0.3) is 0 Å². The summed E-state index contributed by atoms with van der Waals surface area (Å²) in [6, 6.07) is 31.5. The van der Waals surface area contributed by atoms with Gasteiger partial charge in [-0.3, -0.25) is 0 Å². The molecule has 5 aromatic rings. The lowest BCUT2D eigenvalue weighted by Gasteiger charge is -2.36. The first-order chi connectivity index (χ1) is 13.2. The zero-order valence-electron chi connectivity index (χ0n) is 15.6. The van der Waals surface area contributed by atoms with E-state index in [-0.39, 0.29) is 5.41 Å². The van der Waals surface area contributed by atoms with Crippen LogP contribution >= 0.6 is 0 Å². The Hall–Kier alpha value is -3.12. The molecule has 0 saturated carbocycles. The molecule has 5 aromatic carbocycles. The van der Waals surface area contributed by atoms with Crippen LogP contribution in [0.2, 0.25) is 0 Å².